The molecular formula is C10H16N2O4S2. The fourth-order valence-corrected chi connectivity index (χ4v) is 3.68. The molecule has 0 aliphatic heterocycles. The topological polar surface area (TPSA) is 96.4 Å². The molecule has 0 amide bonds. The summed E-state index contributed by atoms with van der Waals surface area (Å²) < 4.78 is 25.8. The van der Waals surface area contributed by atoms with Gasteiger partial charge in [-0.2, -0.15) is 0 Å². The highest BCUT2D eigenvalue weighted by molar-refractivity contribution is 7.89. The van der Waals surface area contributed by atoms with E-state index in [-0.39, 0.29) is 23.4 Å². The number of sulfonamides is 1. The van der Waals surface area contributed by atoms with E-state index in [1.807, 2.05) is 20.8 Å². The van der Waals surface area contributed by atoms with Gasteiger partial charge >= 0.3 is 5.97 Å². The number of aromatic nitrogens is 1. The number of nitrogens with zero attached hydrogens (tertiary/aromatic N) is 1. The number of hydrogen-bond acceptors (Lipinski definition) is 5. The third-order valence-corrected chi connectivity index (χ3v) is 4.52. The van der Waals surface area contributed by atoms with Crippen molar-refractivity contribution in [3.63, 3.8) is 0 Å². The summed E-state index contributed by atoms with van der Waals surface area (Å²) in [5.74, 6) is -1.10. The van der Waals surface area contributed by atoms with Crippen LogP contribution in [0.3, 0.4) is 0 Å². The summed E-state index contributed by atoms with van der Waals surface area (Å²) in [5, 5.41) is 10.5. The second kappa shape index (κ2) is 5.33. The van der Waals surface area contributed by atoms with Crippen LogP contribution < -0.4 is 4.72 Å². The van der Waals surface area contributed by atoms with Gasteiger partial charge in [0, 0.05) is 5.38 Å². The Morgan fingerprint density at radius 1 is 1.50 bits per heavy atom. The standard InChI is InChI=1S/C10H16N2O4S2/c1-10(2,3)6-18(15,16)11-4-8-12-7(5-17-8)9(13)14/h5,11H,4,6H2,1-3H3,(H,13,14). The number of nitrogens with one attached hydrogen (secondary N) is 1. The van der Waals surface area contributed by atoms with Gasteiger partial charge in [0.1, 0.15) is 5.01 Å². The lowest BCUT2D eigenvalue weighted by molar-refractivity contribution is 0.0691. The van der Waals surface area contributed by atoms with Crippen LogP contribution in [0.4, 0.5) is 0 Å². The van der Waals surface area contributed by atoms with Crippen LogP contribution >= 0.6 is 11.3 Å². The van der Waals surface area contributed by atoms with Crippen molar-refractivity contribution in [2.24, 2.45) is 5.41 Å². The predicted octanol–water partition coefficient (Wildman–Crippen LogP) is 1.31. The zero-order chi connectivity index (χ0) is 14.0. The lowest BCUT2D eigenvalue weighted by Crippen LogP contribution is -2.31. The molecule has 0 aliphatic rings. The number of carboxylic acids is 1. The summed E-state index contributed by atoms with van der Waals surface area (Å²) in [6, 6.07) is 0. The number of rotatable bonds is 5. The molecular weight excluding hydrogens is 276 g/mol. The molecule has 0 saturated carbocycles. The quantitative estimate of drug-likeness (QED) is 0.853. The third-order valence-electron chi connectivity index (χ3n) is 1.84. The Morgan fingerprint density at radius 3 is 2.56 bits per heavy atom. The number of aromatic carboxylic acids is 1. The lowest BCUT2D eigenvalue weighted by Gasteiger charge is -2.17. The molecule has 18 heavy (non-hydrogen) atoms. The van der Waals surface area contributed by atoms with E-state index in [0.717, 1.165) is 11.3 Å². The Bertz CT molecular complexity index is 528. The third kappa shape index (κ3) is 5.11. The highest BCUT2D eigenvalue weighted by atomic mass is 32.2. The molecule has 1 aromatic heterocycles. The van der Waals surface area contributed by atoms with Crippen molar-refractivity contribution in [3.05, 3.63) is 16.1 Å². The average molecular weight is 292 g/mol. The van der Waals surface area contributed by atoms with Crippen molar-refractivity contribution in [2.45, 2.75) is 27.3 Å². The smallest absolute Gasteiger partial charge is 0.355 e. The van der Waals surface area contributed by atoms with E-state index in [4.69, 9.17) is 5.11 Å². The monoisotopic (exact) mass is 292 g/mol. The molecule has 6 nitrogen and oxygen atoms in total. The van der Waals surface area contributed by atoms with Crippen molar-refractivity contribution >= 4 is 27.3 Å². The van der Waals surface area contributed by atoms with Gasteiger partial charge in [-0.05, 0) is 5.41 Å². The zero-order valence-corrected chi connectivity index (χ0v) is 12.1. The Balaban J connectivity index is 2.62. The predicted molar refractivity (Wildman–Crippen MR) is 69.2 cm³/mol. The highest BCUT2D eigenvalue weighted by Crippen LogP contribution is 2.16. The van der Waals surface area contributed by atoms with Gasteiger partial charge in [0.25, 0.3) is 0 Å². The summed E-state index contributed by atoms with van der Waals surface area (Å²) in [6.07, 6.45) is 0. The van der Waals surface area contributed by atoms with Gasteiger partial charge in [-0.3, -0.25) is 0 Å². The second-order valence-electron chi connectivity index (χ2n) is 5.07. The molecule has 0 radical (unpaired) electrons. The molecule has 0 unspecified atom stereocenters. The van der Waals surface area contributed by atoms with Crippen LogP contribution in [-0.4, -0.2) is 30.2 Å². The Morgan fingerprint density at radius 2 is 2.11 bits per heavy atom. The van der Waals surface area contributed by atoms with Crippen molar-refractivity contribution in [1.82, 2.24) is 9.71 Å². The van der Waals surface area contributed by atoms with E-state index in [9.17, 15) is 13.2 Å². The Kier molecular flexibility index (Phi) is 4.46. The van der Waals surface area contributed by atoms with Gasteiger partial charge < -0.3 is 5.11 Å². The maximum Gasteiger partial charge on any atom is 0.355 e. The molecule has 102 valence electrons. The molecule has 2 N–H and O–H groups in total. The normalized spacial score (nSPS) is 12.6. The summed E-state index contributed by atoms with van der Waals surface area (Å²) in [6.45, 7) is 5.52. The summed E-state index contributed by atoms with van der Waals surface area (Å²) in [7, 11) is -3.38. The minimum Gasteiger partial charge on any atom is -0.476 e. The molecule has 1 rings (SSSR count). The van der Waals surface area contributed by atoms with Crippen LogP contribution in [-0.2, 0) is 16.6 Å². The molecule has 1 heterocycles. The lowest BCUT2D eigenvalue weighted by atomic mass is 10.0. The Labute approximate surface area is 110 Å². The van der Waals surface area contributed by atoms with Crippen LogP contribution in [0.1, 0.15) is 36.3 Å². The van der Waals surface area contributed by atoms with E-state index >= 15 is 0 Å². The molecule has 0 fully saturated rings. The molecule has 0 aromatic carbocycles. The largest absolute Gasteiger partial charge is 0.476 e. The average Bonchev–Trinajstić information content (AvgIpc) is 2.59. The second-order valence-corrected chi connectivity index (χ2v) is 7.82. The summed E-state index contributed by atoms with van der Waals surface area (Å²) in [4.78, 5) is 14.4. The van der Waals surface area contributed by atoms with Crippen LogP contribution in [0.2, 0.25) is 0 Å². The van der Waals surface area contributed by atoms with E-state index in [1.54, 1.807) is 0 Å². The molecule has 0 saturated heterocycles. The molecule has 1 aromatic rings. The molecule has 8 heteroatoms. The van der Waals surface area contributed by atoms with Gasteiger partial charge in [-0.25, -0.2) is 22.9 Å². The van der Waals surface area contributed by atoms with Gasteiger partial charge in [0.05, 0.1) is 12.3 Å². The van der Waals surface area contributed by atoms with Crippen LogP contribution in [0, 0.1) is 5.41 Å². The number of hydrogen-bond donors (Lipinski definition) is 2. The van der Waals surface area contributed by atoms with Gasteiger partial charge in [-0.15, -0.1) is 11.3 Å². The van der Waals surface area contributed by atoms with Gasteiger partial charge in [0.15, 0.2) is 5.69 Å². The number of carboxylic acid groups (broad SMARTS) is 1. The van der Waals surface area contributed by atoms with E-state index in [2.05, 4.69) is 9.71 Å². The summed E-state index contributed by atoms with van der Waals surface area (Å²) >= 11 is 1.12. The van der Waals surface area contributed by atoms with Crippen molar-refractivity contribution < 1.29 is 18.3 Å². The van der Waals surface area contributed by atoms with E-state index in [0.29, 0.717) is 5.01 Å². The van der Waals surface area contributed by atoms with Crippen molar-refractivity contribution in [3.8, 4) is 0 Å². The zero-order valence-electron chi connectivity index (χ0n) is 10.4. The Hall–Kier alpha value is -0.990. The fourth-order valence-electron chi connectivity index (χ4n) is 1.28. The van der Waals surface area contributed by atoms with E-state index < -0.39 is 16.0 Å². The fraction of sp³-hybridized carbons (Fsp3) is 0.600. The molecule has 0 bridgehead atoms. The SMILES string of the molecule is CC(C)(C)CS(=O)(=O)NCc1nc(C(=O)O)cs1. The van der Waals surface area contributed by atoms with Crippen molar-refractivity contribution in [2.75, 3.05) is 5.75 Å². The van der Waals surface area contributed by atoms with Gasteiger partial charge in [-0.1, -0.05) is 20.8 Å². The van der Waals surface area contributed by atoms with E-state index in [1.165, 1.54) is 5.38 Å². The molecule has 0 atom stereocenters. The first kappa shape index (κ1) is 15.1. The number of carbonyl (C=O) groups is 1. The maximum absolute atomic E-state index is 11.7. The first-order chi connectivity index (χ1) is 8.09. The number of thiazole rings is 1. The summed E-state index contributed by atoms with van der Waals surface area (Å²) in [5.41, 5.74) is -0.397. The minimum absolute atomic E-state index is 0.0111. The van der Waals surface area contributed by atoms with Crippen LogP contribution in [0.5, 0.6) is 0 Å². The van der Waals surface area contributed by atoms with Crippen LogP contribution in [0.25, 0.3) is 0 Å². The minimum atomic E-state index is -3.38. The molecule has 0 spiro atoms. The highest BCUT2D eigenvalue weighted by Gasteiger charge is 2.21. The van der Waals surface area contributed by atoms with Crippen molar-refractivity contribution in [1.29, 1.82) is 0 Å². The first-order valence-corrected chi connectivity index (χ1v) is 7.77. The maximum atomic E-state index is 11.7. The molecule has 0 aliphatic carbocycles. The van der Waals surface area contributed by atoms with Gasteiger partial charge in [0.2, 0.25) is 10.0 Å². The van der Waals surface area contributed by atoms with Crippen LogP contribution in [0.15, 0.2) is 5.38 Å². The first-order valence-electron chi connectivity index (χ1n) is 5.24.